The van der Waals surface area contributed by atoms with Gasteiger partial charge in [-0.25, -0.2) is 33.1 Å². The number of carbonyl (C=O) groups is 2. The van der Waals surface area contributed by atoms with Gasteiger partial charge >= 0.3 is 19.3 Å². The van der Waals surface area contributed by atoms with Gasteiger partial charge in [0, 0.05) is 413 Å². The quantitative estimate of drug-likeness (QED) is 0.158. The van der Waals surface area contributed by atoms with Crippen LogP contribution in [0.3, 0.4) is 0 Å². The Morgan fingerprint density at radius 2 is 0.539 bits per heavy atom. The van der Waals surface area contributed by atoms with Crippen molar-refractivity contribution in [2.24, 2.45) is 0 Å². The molecule has 0 aliphatic heterocycles. The first-order valence-electron chi connectivity index (χ1n) is 29.5. The average molecular weight is 1570 g/mol. The first kappa shape index (κ1) is 100. The molecule has 0 fully saturated rings. The van der Waals surface area contributed by atoms with Gasteiger partial charge in [0.1, 0.15) is 17.4 Å². The summed E-state index contributed by atoms with van der Waals surface area (Å²) >= 11 is -0.639. The zero-order valence-corrected chi connectivity index (χ0v) is 64.2. The Balaban J connectivity index is -0.00000319. The van der Waals surface area contributed by atoms with Gasteiger partial charge in [-0.1, -0.05) is 36.3 Å². The monoisotopic (exact) mass is 1560 g/mol. The third kappa shape index (κ3) is 83.8. The van der Waals surface area contributed by atoms with Crippen LogP contribution < -0.4 is 0 Å². The van der Waals surface area contributed by atoms with Crippen molar-refractivity contribution < 1.29 is 27.7 Å². The normalized spacial score (nSPS) is 5.89. The number of aliphatic carboxylic acids is 1. The molecule has 115 heavy (non-hydrogen) atoms. The van der Waals surface area contributed by atoms with Gasteiger partial charge in [0.25, 0.3) is 0 Å². The summed E-state index contributed by atoms with van der Waals surface area (Å²) in [4.78, 5) is 21.2. The number of fused-ring (bicyclic) bond motifs is 1. The summed E-state index contributed by atoms with van der Waals surface area (Å²) in [6, 6.07) is 10.9. The molecule has 2 aromatic rings. The number of hydrogen-bond acceptors (Lipinski definition) is 3. The number of Topliss-reactive ketones (excluding diaryl/α,β-unsaturated/α-hetero) is 1. The summed E-state index contributed by atoms with van der Waals surface area (Å²) < 4.78 is 34.9. The van der Waals surface area contributed by atoms with Crippen LogP contribution in [-0.4, -0.2) is 34.4 Å². The fourth-order valence-corrected chi connectivity index (χ4v) is 4.90. The molecule has 1 aliphatic carbocycles. The zero-order chi connectivity index (χ0) is 84.4. The van der Waals surface area contributed by atoms with Crippen LogP contribution in [0, 0.1) is 498 Å². The molecule has 0 amide bonds. The molecule has 0 unspecified atom stereocenters. The van der Waals surface area contributed by atoms with Crippen molar-refractivity contribution in [3.05, 3.63) is 83.9 Å². The Hall–Kier alpha value is -19.0. The second-order valence-electron chi connectivity index (χ2n) is 15.8. The Kier molecular flexibility index (Phi) is 76.1. The van der Waals surface area contributed by atoms with Gasteiger partial charge in [-0.15, -0.1) is 19.6 Å². The molecule has 2 aromatic carbocycles. The Morgan fingerprint density at radius 3 is 0.722 bits per heavy atom. The lowest BCUT2D eigenvalue weighted by Crippen LogP contribution is -2.14. The van der Waals surface area contributed by atoms with Crippen LogP contribution in [0.1, 0.15) is 30.0 Å². The molecule has 3 rings (SSSR count). The topological polar surface area (TPSA) is 71.4 Å². The number of halogens is 6. The van der Waals surface area contributed by atoms with E-state index in [1.165, 1.54) is 24.3 Å². The van der Waals surface area contributed by atoms with E-state index >= 15 is 0 Å². The highest BCUT2D eigenvalue weighted by Crippen LogP contribution is 2.21. The summed E-state index contributed by atoms with van der Waals surface area (Å²) in [6.45, 7) is 7.68. The molecule has 12 heteroatoms. The third-order valence-electron chi connectivity index (χ3n) is 8.63. The van der Waals surface area contributed by atoms with E-state index in [1.807, 2.05) is 6.07 Å². The maximum atomic E-state index is 13.1. The van der Waals surface area contributed by atoms with Crippen LogP contribution in [0.4, 0.5) is 8.78 Å². The SMILES string of the molecule is C#CC#CC#CC#CC#CC#CC#CC#CC#CC#CC#CC#CC#CC#CC#CC#CC#CC#CC#CC#CC#CC#CC#CC#CC#CC#CC#CC#CC#CC#CC#CC#CC#CC#CC#CC#CC#CC#CC#CC#CC#CC.C=C.O=C(O)Cc1ccccc1F.O=C1CCc2cccc(F)c2C1.O=S(Cl)Cl.[Cl][AlH][Cl]. The molecular formula is C103H25AlCl4F2O4S. The molecule has 0 spiro atoms. The first-order valence-corrected chi connectivity index (χ1v) is 36.6. The van der Waals surface area contributed by atoms with E-state index in [9.17, 15) is 18.4 Å². The molecule has 1 aliphatic rings. The smallest absolute Gasteiger partial charge is 0.481 e. The van der Waals surface area contributed by atoms with Gasteiger partial charge in [-0.3, -0.25) is 9.59 Å². The summed E-state index contributed by atoms with van der Waals surface area (Å²) in [7, 11) is 17.2. The van der Waals surface area contributed by atoms with Crippen molar-refractivity contribution in [1.29, 1.82) is 0 Å². The van der Waals surface area contributed by atoms with Crippen LogP contribution >= 0.6 is 41.5 Å². The number of ketones is 1. The number of aryl methyl sites for hydroxylation is 1. The number of rotatable bonds is 2. The van der Waals surface area contributed by atoms with Crippen LogP contribution in [0.2, 0.25) is 0 Å². The van der Waals surface area contributed by atoms with Crippen LogP contribution in [-0.2, 0) is 38.1 Å². The molecule has 1 N–H and O–H groups in total. The van der Waals surface area contributed by atoms with E-state index in [4.69, 9.17) is 35.8 Å². The third-order valence-corrected chi connectivity index (χ3v) is 8.63. The Morgan fingerprint density at radius 1 is 0.357 bits per heavy atom. The molecule has 512 valence electrons. The molecule has 0 atom stereocenters. The van der Waals surface area contributed by atoms with Crippen molar-refractivity contribution in [3.8, 4) is 486 Å². The zero-order valence-electron chi connectivity index (χ0n) is 58.9. The molecule has 0 heterocycles. The second kappa shape index (κ2) is 87.4. The van der Waals surface area contributed by atoms with Crippen molar-refractivity contribution >= 4 is 75.8 Å². The Bertz CT molecular complexity index is 7110. The molecule has 0 aromatic heterocycles. The van der Waals surface area contributed by atoms with Crippen LogP contribution in [0.15, 0.2) is 55.6 Å². The minimum absolute atomic E-state index is 0.146. The summed E-state index contributed by atoms with van der Waals surface area (Å²) in [5.74, 6) is 200. The summed E-state index contributed by atoms with van der Waals surface area (Å²) in [6.07, 6.45) is 6.24. The molecule has 0 radical (unpaired) electrons. The van der Waals surface area contributed by atoms with E-state index in [0.717, 1.165) is 5.56 Å². The van der Waals surface area contributed by atoms with E-state index < -0.39 is 34.4 Å². The van der Waals surface area contributed by atoms with E-state index in [-0.39, 0.29) is 30.0 Å². The molecule has 0 saturated heterocycles. The fraction of sp³-hybridized carbons (Fsp3) is 0.0485. The molecule has 4 nitrogen and oxygen atoms in total. The predicted octanol–water partition coefficient (Wildman–Crippen LogP) is 6.69. The van der Waals surface area contributed by atoms with E-state index in [1.54, 1.807) is 19.1 Å². The number of hydrogen-bond donors (Lipinski definition) is 1. The lowest BCUT2D eigenvalue weighted by atomic mass is 9.91. The number of carboxylic acids is 1. The summed E-state index contributed by atoms with van der Waals surface area (Å²) in [5, 5.41) is 8.32. The maximum absolute atomic E-state index is 13.1. The molecular weight excluding hydrogens is 1540 g/mol. The van der Waals surface area contributed by atoms with Gasteiger partial charge in [-0.05, 0) is 137 Å². The second-order valence-corrected chi connectivity index (χ2v) is 21.0. The lowest BCUT2D eigenvalue weighted by molar-refractivity contribution is -0.136. The van der Waals surface area contributed by atoms with Crippen molar-refractivity contribution in [2.75, 3.05) is 0 Å². The molecule has 0 saturated carbocycles. The Labute approximate surface area is 700 Å². The lowest BCUT2D eigenvalue weighted by Gasteiger charge is -2.14. The highest BCUT2D eigenvalue weighted by molar-refractivity contribution is 8.26. The van der Waals surface area contributed by atoms with Crippen LogP contribution in [0.5, 0.6) is 0 Å². The largest absolute Gasteiger partial charge is 0.499 e. The van der Waals surface area contributed by atoms with Gasteiger partial charge in [-0.2, -0.15) is 0 Å². The van der Waals surface area contributed by atoms with E-state index in [0.29, 0.717) is 18.4 Å². The minimum atomic E-state index is -1.67. The standard InChI is InChI=1S/C83H4.C10H9FO.C8H7FO2.C2H4.Al.Cl2OS.2ClH.H/c1-3-5-7-9-11-13-15-17-19-21-23-25-27-29-31-33-35-37-39-41-43-45-47-49-51-53-55-57-59-61-63-65-67-69-71-73-75-77-79-81-83-82-80-78-76-74-72-70-68-66-64-62-60-58-56-54-52-50-48-46-44-42-40-38-36-34-32-30-28-26-24-22-20-18-16-14-12-10-8-6-4-2;11-10-3-1-2-7-4-5-8(12)6-9(7)10;9-7-4-2-1-3-6(7)5-8(10)11;1-2;;1-4(2)3;;;/h1H,2H3;1-3H,4-6H2;1-4H,5H2,(H,10,11);1-2H2;;;2*1H;/q;;;;+2;;;;/p-2. The van der Waals surface area contributed by atoms with Crippen molar-refractivity contribution in [1.82, 2.24) is 0 Å². The highest BCUT2D eigenvalue weighted by atomic mass is 36.0. The summed E-state index contributed by atoms with van der Waals surface area (Å²) in [5.41, 5.74) is 1.82. The van der Waals surface area contributed by atoms with Gasteiger partial charge in [0.15, 0.2) is 0 Å². The number of benzene rings is 2. The van der Waals surface area contributed by atoms with Crippen molar-refractivity contribution in [2.45, 2.75) is 32.6 Å². The predicted molar refractivity (Wildman–Crippen MR) is 457 cm³/mol. The van der Waals surface area contributed by atoms with Crippen LogP contribution in [0.25, 0.3) is 0 Å². The first-order chi connectivity index (χ1) is 56.5. The van der Waals surface area contributed by atoms with Gasteiger partial charge in [0.05, 0.1) is 6.42 Å². The number of carboxylic acid groups (broad SMARTS) is 1. The minimum Gasteiger partial charge on any atom is -0.481 e. The number of carbonyl (C=O) groups excluding carboxylic acids is 1. The highest BCUT2D eigenvalue weighted by Gasteiger charge is 2.18. The average Bonchev–Trinajstić information content (AvgIpc) is 0.831. The number of terminal acetylenes is 1. The maximum Gasteiger partial charge on any atom is 0.499 e. The van der Waals surface area contributed by atoms with Gasteiger partial charge < -0.3 is 5.11 Å². The van der Waals surface area contributed by atoms with Crippen molar-refractivity contribution in [3.63, 3.8) is 0 Å². The fourth-order valence-electron chi connectivity index (χ4n) is 4.90. The van der Waals surface area contributed by atoms with E-state index in [2.05, 4.69) is 514 Å². The molecule has 0 bridgehead atoms. The van der Waals surface area contributed by atoms with Gasteiger partial charge in [0.2, 0.25) is 9.23 Å².